The Hall–Kier alpha value is -1.83. The molecule has 0 fully saturated rings. The van der Waals surface area contributed by atoms with Gasteiger partial charge in [0.1, 0.15) is 12.1 Å². The molecule has 0 aliphatic carbocycles. The molecule has 0 unspecified atom stereocenters. The molecule has 0 amide bonds. The molecule has 0 radical (unpaired) electrons. The second-order valence-electron chi connectivity index (χ2n) is 1.95. The van der Waals surface area contributed by atoms with E-state index in [1.807, 2.05) is 6.07 Å². The van der Waals surface area contributed by atoms with Crippen LogP contribution in [-0.2, 0) is 6.42 Å². The first-order chi connectivity index (χ1) is 5.29. The third-order valence-electron chi connectivity index (χ3n) is 1.30. The summed E-state index contributed by atoms with van der Waals surface area (Å²) in [6.07, 6.45) is 2.64. The number of nitriles is 1. The Labute approximate surface area is 63.6 Å². The number of nitrogens with one attached hydrogen (secondary N) is 1. The lowest BCUT2D eigenvalue weighted by atomic mass is 10.3. The number of hydrogen-bond donors (Lipinski definition) is 2. The molecule has 0 aliphatic heterocycles. The SMILES string of the molecule is N#CCc1ncn(C=N)c1N. The van der Waals surface area contributed by atoms with Crippen molar-refractivity contribution in [2.24, 2.45) is 0 Å². The largest absolute Gasteiger partial charge is 0.383 e. The highest BCUT2D eigenvalue weighted by molar-refractivity contribution is 5.62. The van der Waals surface area contributed by atoms with Crippen molar-refractivity contribution in [2.45, 2.75) is 6.42 Å². The van der Waals surface area contributed by atoms with Gasteiger partial charge in [0.25, 0.3) is 0 Å². The van der Waals surface area contributed by atoms with Gasteiger partial charge in [-0.25, -0.2) is 4.98 Å². The molecule has 0 spiro atoms. The second-order valence-corrected chi connectivity index (χ2v) is 1.95. The standard InChI is InChI=1S/C6H7N5/c7-2-1-5-6(9)11(3-8)4-10-5/h3-4,8H,1,9H2. The fourth-order valence-corrected chi connectivity index (χ4v) is 0.723. The fraction of sp³-hybridized carbons (Fsp3) is 0.167. The van der Waals surface area contributed by atoms with E-state index in [1.54, 1.807) is 0 Å². The third kappa shape index (κ3) is 1.19. The molecule has 0 aromatic carbocycles. The number of nitrogen functional groups attached to an aromatic ring is 1. The fourth-order valence-electron chi connectivity index (χ4n) is 0.723. The molecule has 11 heavy (non-hydrogen) atoms. The highest BCUT2D eigenvalue weighted by Gasteiger charge is 2.03. The molecule has 1 heterocycles. The maximum atomic E-state index is 8.31. The quantitative estimate of drug-likeness (QED) is 0.457. The number of rotatable bonds is 2. The van der Waals surface area contributed by atoms with Crippen molar-refractivity contribution in [3.63, 3.8) is 0 Å². The molecule has 1 aromatic heterocycles. The molecule has 0 saturated carbocycles. The molecule has 0 aliphatic rings. The van der Waals surface area contributed by atoms with Gasteiger partial charge in [0.15, 0.2) is 0 Å². The van der Waals surface area contributed by atoms with E-state index in [0.717, 1.165) is 6.34 Å². The van der Waals surface area contributed by atoms with Gasteiger partial charge in [0, 0.05) is 0 Å². The second kappa shape index (κ2) is 2.84. The molecule has 1 aromatic rings. The number of hydrogen-bond acceptors (Lipinski definition) is 4. The van der Waals surface area contributed by atoms with Gasteiger partial charge in [0.2, 0.25) is 0 Å². The van der Waals surface area contributed by atoms with Crippen molar-refractivity contribution in [1.82, 2.24) is 9.55 Å². The highest BCUT2D eigenvalue weighted by Crippen LogP contribution is 2.07. The zero-order valence-electron chi connectivity index (χ0n) is 5.78. The Morgan fingerprint density at radius 1 is 1.91 bits per heavy atom. The highest BCUT2D eigenvalue weighted by atomic mass is 15.1. The lowest BCUT2D eigenvalue weighted by Crippen LogP contribution is -2.00. The number of nitrogens with zero attached hydrogens (tertiary/aromatic N) is 3. The maximum Gasteiger partial charge on any atom is 0.133 e. The molecule has 0 atom stereocenters. The van der Waals surface area contributed by atoms with Crippen molar-refractivity contribution in [3.8, 4) is 6.07 Å². The molecule has 1 rings (SSSR count). The molecular formula is C6H7N5. The van der Waals surface area contributed by atoms with Crippen LogP contribution < -0.4 is 5.73 Å². The molecule has 5 heteroatoms. The van der Waals surface area contributed by atoms with Gasteiger partial charge in [-0.2, -0.15) is 5.26 Å². The van der Waals surface area contributed by atoms with Gasteiger partial charge < -0.3 is 5.73 Å². The van der Waals surface area contributed by atoms with Crippen LogP contribution in [0, 0.1) is 16.7 Å². The minimum atomic E-state index is 0.187. The summed E-state index contributed by atoms with van der Waals surface area (Å²) in [5.41, 5.74) is 6.02. The average Bonchev–Trinajstić information content (AvgIpc) is 2.34. The average molecular weight is 149 g/mol. The molecule has 0 saturated heterocycles. The molecule has 5 nitrogen and oxygen atoms in total. The van der Waals surface area contributed by atoms with Gasteiger partial charge in [-0.15, -0.1) is 0 Å². The molecule has 56 valence electrons. The van der Waals surface area contributed by atoms with Crippen molar-refractivity contribution in [1.29, 1.82) is 10.7 Å². The zero-order chi connectivity index (χ0) is 8.27. The summed E-state index contributed by atoms with van der Waals surface area (Å²) in [7, 11) is 0. The summed E-state index contributed by atoms with van der Waals surface area (Å²) in [4.78, 5) is 3.84. The Morgan fingerprint density at radius 3 is 3.09 bits per heavy atom. The van der Waals surface area contributed by atoms with Gasteiger partial charge in [-0.1, -0.05) is 0 Å². The summed E-state index contributed by atoms with van der Waals surface area (Å²) in [5.74, 6) is 0.363. The minimum Gasteiger partial charge on any atom is -0.383 e. The van der Waals surface area contributed by atoms with Crippen LogP contribution in [0.5, 0.6) is 0 Å². The smallest absolute Gasteiger partial charge is 0.133 e. The van der Waals surface area contributed by atoms with E-state index in [0.29, 0.717) is 11.5 Å². The van der Waals surface area contributed by atoms with E-state index in [-0.39, 0.29) is 6.42 Å². The molecule has 3 N–H and O–H groups in total. The number of nitrogens with two attached hydrogens (primary N) is 1. The first kappa shape index (κ1) is 7.28. The van der Waals surface area contributed by atoms with E-state index in [4.69, 9.17) is 16.4 Å². The Kier molecular flexibility index (Phi) is 1.88. The van der Waals surface area contributed by atoms with Crippen LogP contribution >= 0.6 is 0 Å². The third-order valence-corrected chi connectivity index (χ3v) is 1.30. The van der Waals surface area contributed by atoms with Gasteiger partial charge >= 0.3 is 0 Å². The van der Waals surface area contributed by atoms with Crippen LogP contribution in [0.3, 0.4) is 0 Å². The van der Waals surface area contributed by atoms with E-state index >= 15 is 0 Å². The van der Waals surface area contributed by atoms with Crippen LogP contribution in [-0.4, -0.2) is 15.9 Å². The van der Waals surface area contributed by atoms with E-state index in [9.17, 15) is 0 Å². The molecule has 0 bridgehead atoms. The lowest BCUT2D eigenvalue weighted by Gasteiger charge is -1.93. The van der Waals surface area contributed by atoms with Gasteiger partial charge in [0.05, 0.1) is 24.5 Å². The zero-order valence-corrected chi connectivity index (χ0v) is 5.78. The van der Waals surface area contributed by atoms with Crippen LogP contribution in [0.1, 0.15) is 5.69 Å². The van der Waals surface area contributed by atoms with Crippen molar-refractivity contribution >= 4 is 12.2 Å². The summed E-state index contributed by atoms with van der Waals surface area (Å²) in [6, 6.07) is 1.93. The summed E-state index contributed by atoms with van der Waals surface area (Å²) >= 11 is 0. The first-order valence-corrected chi connectivity index (χ1v) is 2.98. The Balaban J connectivity index is 3.02. The predicted molar refractivity (Wildman–Crippen MR) is 40.1 cm³/mol. The maximum absolute atomic E-state index is 8.31. The van der Waals surface area contributed by atoms with Crippen LogP contribution in [0.4, 0.5) is 5.82 Å². The van der Waals surface area contributed by atoms with Crippen LogP contribution in [0.25, 0.3) is 0 Å². The van der Waals surface area contributed by atoms with E-state index < -0.39 is 0 Å². The van der Waals surface area contributed by atoms with Crippen LogP contribution in [0.2, 0.25) is 0 Å². The Bertz CT molecular complexity index is 305. The first-order valence-electron chi connectivity index (χ1n) is 2.98. The number of imidazole rings is 1. The Morgan fingerprint density at radius 2 is 2.64 bits per heavy atom. The van der Waals surface area contributed by atoms with Crippen molar-refractivity contribution in [3.05, 3.63) is 12.0 Å². The van der Waals surface area contributed by atoms with Crippen molar-refractivity contribution in [2.75, 3.05) is 5.73 Å². The topological polar surface area (TPSA) is 91.5 Å². The monoisotopic (exact) mass is 149 g/mol. The normalized spacial score (nSPS) is 9.00. The summed E-state index contributed by atoms with van der Waals surface area (Å²) < 4.78 is 1.35. The van der Waals surface area contributed by atoms with Crippen molar-refractivity contribution < 1.29 is 0 Å². The minimum absolute atomic E-state index is 0.187. The predicted octanol–water partition coefficient (Wildman–Crippen LogP) is -0.0135. The van der Waals surface area contributed by atoms with E-state index in [2.05, 4.69) is 4.98 Å². The van der Waals surface area contributed by atoms with Crippen LogP contribution in [0.15, 0.2) is 6.33 Å². The molecular weight excluding hydrogens is 142 g/mol. The lowest BCUT2D eigenvalue weighted by molar-refractivity contribution is 1.14. The summed E-state index contributed by atoms with van der Waals surface area (Å²) in [5, 5.41) is 15.2. The van der Waals surface area contributed by atoms with Gasteiger partial charge in [-0.3, -0.25) is 9.98 Å². The number of anilines is 1. The number of aromatic nitrogens is 2. The van der Waals surface area contributed by atoms with E-state index in [1.165, 1.54) is 10.9 Å². The summed E-state index contributed by atoms with van der Waals surface area (Å²) in [6.45, 7) is 0. The van der Waals surface area contributed by atoms with Gasteiger partial charge in [-0.05, 0) is 0 Å².